The summed E-state index contributed by atoms with van der Waals surface area (Å²) in [5.74, 6) is 0. The molecule has 1 saturated carbocycles. The van der Waals surface area contributed by atoms with Gasteiger partial charge in [-0.15, -0.1) is 0 Å². The Morgan fingerprint density at radius 2 is 2.15 bits per heavy atom. The Morgan fingerprint density at radius 3 is 2.65 bits per heavy atom. The van der Waals surface area contributed by atoms with Gasteiger partial charge in [0.1, 0.15) is 0 Å². The Balaban J connectivity index is 1.94. The van der Waals surface area contributed by atoms with E-state index in [0.29, 0.717) is 11.0 Å². The van der Waals surface area contributed by atoms with Gasteiger partial charge in [-0.2, -0.15) is 0 Å². The maximum Gasteiger partial charge on any atom is 0.283 e. The third kappa shape index (κ3) is 3.19. The molecule has 0 radical (unpaired) electrons. The fraction of sp³-hybridized carbons (Fsp3) is 0.571. The van der Waals surface area contributed by atoms with Crippen molar-refractivity contribution in [2.45, 2.75) is 31.3 Å². The smallest absolute Gasteiger partial charge is 0.283 e. The van der Waals surface area contributed by atoms with E-state index in [-0.39, 0.29) is 16.1 Å². The Labute approximate surface area is 127 Å². The van der Waals surface area contributed by atoms with Crippen LogP contribution in [0.15, 0.2) is 22.7 Å². The highest BCUT2D eigenvalue weighted by Crippen LogP contribution is 2.35. The molecule has 20 heavy (non-hydrogen) atoms. The van der Waals surface area contributed by atoms with Crippen molar-refractivity contribution in [2.24, 2.45) is 0 Å². The summed E-state index contributed by atoms with van der Waals surface area (Å²) in [4.78, 5) is 12.8. The predicted molar refractivity (Wildman–Crippen MR) is 82.8 cm³/mol. The first-order chi connectivity index (χ1) is 9.44. The normalized spacial score (nSPS) is 17.0. The van der Waals surface area contributed by atoms with E-state index in [1.165, 1.54) is 19.3 Å². The summed E-state index contributed by atoms with van der Waals surface area (Å²) in [6.45, 7) is 1.58. The van der Waals surface area contributed by atoms with Gasteiger partial charge in [-0.25, -0.2) is 0 Å². The first-order valence-corrected chi connectivity index (χ1v) is 7.55. The highest BCUT2D eigenvalue weighted by Gasteiger charge is 2.38. The number of hydrogen-bond donors (Lipinski definition) is 1. The molecule has 0 spiro atoms. The number of hydrogen-bond acceptors (Lipinski definition) is 4. The van der Waals surface area contributed by atoms with Gasteiger partial charge in [0.2, 0.25) is 0 Å². The van der Waals surface area contributed by atoms with Gasteiger partial charge in [-0.05, 0) is 60.9 Å². The molecule has 1 fully saturated rings. The first kappa shape index (κ1) is 15.4. The molecule has 0 aliphatic heterocycles. The lowest BCUT2D eigenvalue weighted by Gasteiger charge is -2.47. The molecule has 1 aromatic rings. The standard InChI is InChI=1S/C14H20BrN3O2/c1-17(2)14(6-3-7-14)10-16-9-11-4-5-12(15)13(8-11)18(19)20/h4-5,8,16H,3,6-7,9-10H2,1-2H3. The summed E-state index contributed by atoms with van der Waals surface area (Å²) >= 11 is 3.20. The number of halogens is 1. The number of nitrogens with one attached hydrogen (secondary N) is 1. The topological polar surface area (TPSA) is 58.4 Å². The van der Waals surface area contributed by atoms with Crippen molar-refractivity contribution < 1.29 is 4.92 Å². The van der Waals surface area contributed by atoms with Gasteiger partial charge in [-0.3, -0.25) is 10.1 Å². The highest BCUT2D eigenvalue weighted by atomic mass is 79.9. The molecule has 1 aromatic carbocycles. The van der Waals surface area contributed by atoms with Crippen molar-refractivity contribution >= 4 is 21.6 Å². The third-order valence-corrected chi connectivity index (χ3v) is 4.89. The number of likely N-dealkylation sites (N-methyl/N-ethyl adjacent to an activating group) is 1. The van der Waals surface area contributed by atoms with Crippen LogP contribution in [0.25, 0.3) is 0 Å². The Morgan fingerprint density at radius 1 is 1.45 bits per heavy atom. The minimum atomic E-state index is -0.360. The van der Waals surface area contributed by atoms with Gasteiger partial charge in [-0.1, -0.05) is 6.07 Å². The van der Waals surface area contributed by atoms with E-state index in [1.54, 1.807) is 12.1 Å². The molecular formula is C14H20BrN3O2. The second-order valence-corrected chi connectivity index (χ2v) is 6.47. The minimum Gasteiger partial charge on any atom is -0.311 e. The van der Waals surface area contributed by atoms with Crippen molar-refractivity contribution in [3.05, 3.63) is 38.3 Å². The molecule has 1 aliphatic rings. The van der Waals surface area contributed by atoms with Crippen LogP contribution < -0.4 is 5.32 Å². The van der Waals surface area contributed by atoms with Crippen LogP contribution in [0.1, 0.15) is 24.8 Å². The zero-order valence-electron chi connectivity index (χ0n) is 11.9. The number of benzene rings is 1. The van der Waals surface area contributed by atoms with Crippen molar-refractivity contribution in [2.75, 3.05) is 20.6 Å². The van der Waals surface area contributed by atoms with Gasteiger partial charge in [0.15, 0.2) is 0 Å². The molecule has 0 unspecified atom stereocenters. The lowest BCUT2D eigenvalue weighted by Crippen LogP contribution is -2.56. The lowest BCUT2D eigenvalue weighted by molar-refractivity contribution is -0.385. The van der Waals surface area contributed by atoms with Crippen LogP contribution in [0.2, 0.25) is 0 Å². The molecule has 0 aromatic heterocycles. The molecule has 0 heterocycles. The summed E-state index contributed by atoms with van der Waals surface area (Å²) in [5, 5.41) is 14.3. The van der Waals surface area contributed by atoms with Crippen LogP contribution in [0, 0.1) is 10.1 Å². The number of nitro benzene ring substituents is 1. The van der Waals surface area contributed by atoms with E-state index in [4.69, 9.17) is 0 Å². The van der Waals surface area contributed by atoms with E-state index in [1.807, 2.05) is 6.07 Å². The van der Waals surface area contributed by atoms with Gasteiger partial charge < -0.3 is 10.2 Å². The van der Waals surface area contributed by atoms with E-state index in [2.05, 4.69) is 40.2 Å². The molecule has 5 nitrogen and oxygen atoms in total. The molecule has 0 saturated heterocycles. The Kier molecular flexibility index (Phi) is 4.78. The second kappa shape index (κ2) is 6.20. The monoisotopic (exact) mass is 341 g/mol. The maximum absolute atomic E-state index is 10.9. The minimum absolute atomic E-state index is 0.121. The van der Waals surface area contributed by atoms with E-state index in [9.17, 15) is 10.1 Å². The number of rotatable bonds is 6. The molecule has 1 N–H and O–H groups in total. The van der Waals surface area contributed by atoms with Crippen LogP contribution >= 0.6 is 15.9 Å². The zero-order valence-corrected chi connectivity index (χ0v) is 13.4. The van der Waals surface area contributed by atoms with E-state index >= 15 is 0 Å². The molecule has 1 aliphatic carbocycles. The van der Waals surface area contributed by atoms with Gasteiger partial charge in [0.05, 0.1) is 9.40 Å². The quantitative estimate of drug-likeness (QED) is 0.638. The average molecular weight is 342 g/mol. The summed E-state index contributed by atoms with van der Waals surface area (Å²) in [5.41, 5.74) is 1.32. The van der Waals surface area contributed by atoms with Crippen LogP contribution in [0.5, 0.6) is 0 Å². The maximum atomic E-state index is 10.9. The van der Waals surface area contributed by atoms with Crippen molar-refractivity contribution in [1.82, 2.24) is 10.2 Å². The third-order valence-electron chi connectivity index (χ3n) is 4.22. The SMILES string of the molecule is CN(C)C1(CNCc2ccc(Br)c([N+](=O)[O-])c2)CCC1. The lowest BCUT2D eigenvalue weighted by atomic mass is 9.75. The molecule has 0 amide bonds. The van der Waals surface area contributed by atoms with Crippen LogP contribution in [-0.2, 0) is 6.54 Å². The molecule has 0 atom stereocenters. The number of nitrogens with zero attached hydrogens (tertiary/aromatic N) is 2. The zero-order chi connectivity index (χ0) is 14.8. The summed E-state index contributed by atoms with van der Waals surface area (Å²) in [7, 11) is 4.23. The highest BCUT2D eigenvalue weighted by molar-refractivity contribution is 9.10. The van der Waals surface area contributed by atoms with Gasteiger partial charge in [0.25, 0.3) is 5.69 Å². The summed E-state index contributed by atoms with van der Waals surface area (Å²) in [6, 6.07) is 5.27. The Hall–Kier alpha value is -0.980. The largest absolute Gasteiger partial charge is 0.311 e. The summed E-state index contributed by atoms with van der Waals surface area (Å²) < 4.78 is 0.523. The van der Waals surface area contributed by atoms with Crippen molar-refractivity contribution in [3.8, 4) is 0 Å². The molecule has 110 valence electrons. The fourth-order valence-electron chi connectivity index (χ4n) is 2.61. The average Bonchev–Trinajstić information content (AvgIpc) is 2.33. The summed E-state index contributed by atoms with van der Waals surface area (Å²) in [6.07, 6.45) is 3.71. The van der Waals surface area contributed by atoms with Gasteiger partial charge in [0, 0.05) is 24.7 Å². The van der Waals surface area contributed by atoms with E-state index in [0.717, 1.165) is 12.1 Å². The predicted octanol–water partition coefficient (Wildman–Crippen LogP) is 2.93. The molecule has 6 heteroatoms. The van der Waals surface area contributed by atoms with Crippen molar-refractivity contribution in [3.63, 3.8) is 0 Å². The molecule has 0 bridgehead atoms. The second-order valence-electron chi connectivity index (χ2n) is 5.62. The van der Waals surface area contributed by atoms with Crippen LogP contribution in [-0.4, -0.2) is 36.0 Å². The molecule has 2 rings (SSSR count). The number of nitro groups is 1. The van der Waals surface area contributed by atoms with Crippen LogP contribution in [0.3, 0.4) is 0 Å². The first-order valence-electron chi connectivity index (χ1n) is 6.76. The molecular weight excluding hydrogens is 322 g/mol. The van der Waals surface area contributed by atoms with Gasteiger partial charge >= 0.3 is 0 Å². The fourth-order valence-corrected chi connectivity index (χ4v) is 3.01. The van der Waals surface area contributed by atoms with E-state index < -0.39 is 0 Å². The Bertz CT molecular complexity index is 501. The van der Waals surface area contributed by atoms with Crippen LogP contribution in [0.4, 0.5) is 5.69 Å². The van der Waals surface area contributed by atoms with Crippen molar-refractivity contribution in [1.29, 1.82) is 0 Å².